The minimum absolute atomic E-state index is 0.523. The number of nitrogens with zero attached hydrogens (tertiary/aromatic N) is 3. The zero-order chi connectivity index (χ0) is 12.7. The molecule has 0 aliphatic rings. The van der Waals surface area contributed by atoms with Gasteiger partial charge >= 0.3 is 0 Å². The van der Waals surface area contributed by atoms with E-state index in [9.17, 15) is 0 Å². The average Bonchev–Trinajstić information content (AvgIpc) is 2.36. The molecular weight excluding hydrogens is 232 g/mol. The third-order valence-electron chi connectivity index (χ3n) is 2.80. The summed E-state index contributed by atoms with van der Waals surface area (Å²) in [5.41, 5.74) is 0.975. The second-order valence-electron chi connectivity index (χ2n) is 4.04. The van der Waals surface area contributed by atoms with Crippen LogP contribution in [-0.2, 0) is 6.54 Å². The highest BCUT2D eigenvalue weighted by Crippen LogP contribution is 2.15. The van der Waals surface area contributed by atoms with Crippen LogP contribution in [0.1, 0.15) is 19.0 Å². The molecule has 5 heteroatoms. The molecule has 0 bridgehead atoms. The van der Waals surface area contributed by atoms with E-state index in [1.165, 1.54) is 0 Å². The standard InChI is InChI=1S/C12H22N4S/c1-5-11(9-17-4)16(3)12-7-6-10(8-13-2)14-15-12/h6-7,11,13H,5,8-9H2,1-4H3. The average molecular weight is 254 g/mol. The van der Waals surface area contributed by atoms with Crippen molar-refractivity contribution in [3.8, 4) is 0 Å². The highest BCUT2D eigenvalue weighted by atomic mass is 32.2. The van der Waals surface area contributed by atoms with Gasteiger partial charge in [-0.25, -0.2) is 0 Å². The molecule has 1 unspecified atom stereocenters. The Morgan fingerprint density at radius 3 is 2.65 bits per heavy atom. The smallest absolute Gasteiger partial charge is 0.151 e. The molecule has 1 atom stereocenters. The first-order chi connectivity index (χ1) is 8.22. The van der Waals surface area contributed by atoms with Crippen molar-refractivity contribution in [3.63, 3.8) is 0 Å². The molecule has 17 heavy (non-hydrogen) atoms. The van der Waals surface area contributed by atoms with E-state index in [4.69, 9.17) is 0 Å². The van der Waals surface area contributed by atoms with Gasteiger partial charge in [-0.05, 0) is 31.9 Å². The normalized spacial score (nSPS) is 12.5. The van der Waals surface area contributed by atoms with Crippen LogP contribution in [0.2, 0.25) is 0 Å². The Labute approximate surface area is 108 Å². The maximum absolute atomic E-state index is 4.27. The number of thioether (sulfide) groups is 1. The molecule has 0 aliphatic carbocycles. The van der Waals surface area contributed by atoms with E-state index < -0.39 is 0 Å². The van der Waals surface area contributed by atoms with Crippen molar-refractivity contribution in [2.45, 2.75) is 25.9 Å². The lowest BCUT2D eigenvalue weighted by Crippen LogP contribution is -2.34. The zero-order valence-electron chi connectivity index (χ0n) is 11.1. The lowest BCUT2D eigenvalue weighted by molar-refractivity contribution is 0.657. The van der Waals surface area contributed by atoms with Gasteiger partial charge in [0.05, 0.1) is 5.69 Å². The van der Waals surface area contributed by atoms with E-state index in [0.717, 1.165) is 30.2 Å². The topological polar surface area (TPSA) is 41.0 Å². The Bertz CT molecular complexity index is 315. The molecule has 1 rings (SSSR count). The molecule has 1 N–H and O–H groups in total. The number of rotatable bonds is 7. The SMILES string of the molecule is CCC(CSC)N(C)c1ccc(CNC)nn1. The zero-order valence-corrected chi connectivity index (χ0v) is 11.9. The number of hydrogen-bond acceptors (Lipinski definition) is 5. The first-order valence-corrected chi connectivity index (χ1v) is 7.31. The summed E-state index contributed by atoms with van der Waals surface area (Å²) in [7, 11) is 4.00. The molecule has 0 radical (unpaired) electrons. The molecule has 0 aromatic carbocycles. The fourth-order valence-electron chi connectivity index (χ4n) is 1.70. The summed E-state index contributed by atoms with van der Waals surface area (Å²) in [5.74, 6) is 2.07. The van der Waals surface area contributed by atoms with Crippen LogP contribution in [0.4, 0.5) is 5.82 Å². The van der Waals surface area contributed by atoms with Gasteiger partial charge in [0.25, 0.3) is 0 Å². The van der Waals surface area contributed by atoms with Crippen molar-refractivity contribution in [1.29, 1.82) is 0 Å². The fourth-order valence-corrected chi connectivity index (χ4v) is 2.54. The number of hydrogen-bond donors (Lipinski definition) is 1. The van der Waals surface area contributed by atoms with Gasteiger partial charge in [-0.15, -0.1) is 5.10 Å². The van der Waals surface area contributed by atoms with E-state index in [1.54, 1.807) is 0 Å². The van der Waals surface area contributed by atoms with Crippen LogP contribution in [0.25, 0.3) is 0 Å². The third kappa shape index (κ3) is 4.16. The monoisotopic (exact) mass is 254 g/mol. The summed E-state index contributed by atoms with van der Waals surface area (Å²) >= 11 is 1.87. The largest absolute Gasteiger partial charge is 0.354 e. The van der Waals surface area contributed by atoms with Crippen LogP contribution in [-0.4, -0.2) is 42.3 Å². The Hall–Kier alpha value is -0.810. The summed E-state index contributed by atoms with van der Waals surface area (Å²) in [4.78, 5) is 2.21. The van der Waals surface area contributed by atoms with Crippen molar-refractivity contribution in [2.24, 2.45) is 0 Å². The van der Waals surface area contributed by atoms with Crippen molar-refractivity contribution in [1.82, 2.24) is 15.5 Å². The summed E-state index contributed by atoms with van der Waals surface area (Å²) in [6.45, 7) is 2.97. The summed E-state index contributed by atoms with van der Waals surface area (Å²) in [6, 6.07) is 4.60. The molecule has 96 valence electrons. The Balaban J connectivity index is 2.70. The second kappa shape index (κ2) is 7.50. The van der Waals surface area contributed by atoms with Gasteiger partial charge < -0.3 is 10.2 Å². The highest BCUT2D eigenvalue weighted by molar-refractivity contribution is 7.98. The van der Waals surface area contributed by atoms with Crippen molar-refractivity contribution in [2.75, 3.05) is 31.0 Å². The van der Waals surface area contributed by atoms with Crippen LogP contribution in [0.3, 0.4) is 0 Å². The maximum Gasteiger partial charge on any atom is 0.151 e. The Morgan fingerprint density at radius 2 is 2.18 bits per heavy atom. The van der Waals surface area contributed by atoms with Gasteiger partial charge in [-0.3, -0.25) is 0 Å². The molecule has 4 nitrogen and oxygen atoms in total. The van der Waals surface area contributed by atoms with Gasteiger partial charge in [0.15, 0.2) is 5.82 Å². The summed E-state index contributed by atoms with van der Waals surface area (Å²) in [6.07, 6.45) is 3.26. The molecule has 0 saturated heterocycles. The van der Waals surface area contributed by atoms with Crippen LogP contribution >= 0.6 is 11.8 Å². The Morgan fingerprint density at radius 1 is 1.41 bits per heavy atom. The number of anilines is 1. The lowest BCUT2D eigenvalue weighted by Gasteiger charge is -2.27. The molecule has 0 aliphatic heterocycles. The first-order valence-electron chi connectivity index (χ1n) is 5.91. The highest BCUT2D eigenvalue weighted by Gasteiger charge is 2.13. The van der Waals surface area contributed by atoms with E-state index in [2.05, 4.69) is 40.6 Å². The van der Waals surface area contributed by atoms with E-state index in [1.807, 2.05) is 30.9 Å². The molecule has 1 aromatic heterocycles. The van der Waals surface area contributed by atoms with Crippen molar-refractivity contribution < 1.29 is 0 Å². The van der Waals surface area contributed by atoms with Crippen molar-refractivity contribution >= 4 is 17.6 Å². The maximum atomic E-state index is 4.27. The van der Waals surface area contributed by atoms with Gasteiger partial charge in [0.1, 0.15) is 0 Å². The van der Waals surface area contributed by atoms with Gasteiger partial charge in [0.2, 0.25) is 0 Å². The molecule has 0 spiro atoms. The van der Waals surface area contributed by atoms with E-state index in [-0.39, 0.29) is 0 Å². The van der Waals surface area contributed by atoms with Crippen LogP contribution in [0.5, 0.6) is 0 Å². The van der Waals surface area contributed by atoms with Crippen LogP contribution in [0, 0.1) is 0 Å². The summed E-state index contributed by atoms with van der Waals surface area (Å²) in [5, 5.41) is 11.5. The third-order valence-corrected chi connectivity index (χ3v) is 3.52. The second-order valence-corrected chi connectivity index (χ2v) is 4.95. The summed E-state index contributed by atoms with van der Waals surface area (Å²) < 4.78 is 0. The Kier molecular flexibility index (Phi) is 6.29. The van der Waals surface area contributed by atoms with Crippen molar-refractivity contribution in [3.05, 3.63) is 17.8 Å². The van der Waals surface area contributed by atoms with Crippen LogP contribution < -0.4 is 10.2 Å². The van der Waals surface area contributed by atoms with Gasteiger partial charge in [-0.2, -0.15) is 16.9 Å². The predicted molar refractivity (Wildman–Crippen MR) is 75.7 cm³/mol. The quantitative estimate of drug-likeness (QED) is 0.803. The minimum atomic E-state index is 0.523. The molecule has 1 heterocycles. The van der Waals surface area contributed by atoms with E-state index >= 15 is 0 Å². The number of aromatic nitrogens is 2. The van der Waals surface area contributed by atoms with Gasteiger partial charge in [0, 0.05) is 25.4 Å². The number of nitrogens with one attached hydrogen (secondary N) is 1. The molecule has 0 saturated carbocycles. The lowest BCUT2D eigenvalue weighted by atomic mass is 10.2. The minimum Gasteiger partial charge on any atom is -0.354 e. The molecular formula is C12H22N4S. The molecule has 1 aromatic rings. The van der Waals surface area contributed by atoms with Crippen LogP contribution in [0.15, 0.2) is 12.1 Å². The predicted octanol–water partition coefficient (Wildman–Crippen LogP) is 1.77. The fraction of sp³-hybridized carbons (Fsp3) is 0.667. The molecule has 0 amide bonds. The molecule has 0 fully saturated rings. The first kappa shape index (κ1) is 14.3. The van der Waals surface area contributed by atoms with Gasteiger partial charge in [-0.1, -0.05) is 6.92 Å². The van der Waals surface area contributed by atoms with E-state index in [0.29, 0.717) is 6.04 Å².